The second-order valence-corrected chi connectivity index (χ2v) is 5.54. The summed E-state index contributed by atoms with van der Waals surface area (Å²) in [4.78, 5) is 11.1. The fourth-order valence-corrected chi connectivity index (χ4v) is 2.64. The molecule has 1 aliphatic heterocycles. The Hall–Kier alpha value is -2.49. The second-order valence-electron chi connectivity index (χ2n) is 5.54. The smallest absolute Gasteiger partial charge is 0.240 e. The van der Waals surface area contributed by atoms with Crippen molar-refractivity contribution in [3.8, 4) is 11.1 Å². The van der Waals surface area contributed by atoms with E-state index in [0.29, 0.717) is 29.7 Å². The van der Waals surface area contributed by atoms with Crippen molar-refractivity contribution in [1.29, 1.82) is 0 Å². The Balaban J connectivity index is 1.99. The zero-order valence-corrected chi connectivity index (χ0v) is 12.6. The highest BCUT2D eigenvalue weighted by molar-refractivity contribution is 6.04. The number of nitrogens with one attached hydrogen (secondary N) is 1. The number of halogens is 1. The van der Waals surface area contributed by atoms with Crippen molar-refractivity contribution in [3.05, 3.63) is 58.9 Å². The van der Waals surface area contributed by atoms with E-state index in [1.807, 2.05) is 38.1 Å². The van der Waals surface area contributed by atoms with Gasteiger partial charge in [-0.15, -0.1) is 0 Å². The fraction of sp³-hybridized carbons (Fsp3) is 0.222. The first-order valence-electron chi connectivity index (χ1n) is 7.28. The molecule has 0 spiro atoms. The molecule has 1 aliphatic rings. The van der Waals surface area contributed by atoms with Gasteiger partial charge < -0.3 is 0 Å². The third kappa shape index (κ3) is 2.64. The number of carbonyl (C=O) groups is 1. The van der Waals surface area contributed by atoms with Crippen molar-refractivity contribution in [2.45, 2.75) is 26.7 Å². The van der Waals surface area contributed by atoms with Gasteiger partial charge in [0.2, 0.25) is 5.91 Å². The molecule has 1 N–H and O–H groups in total. The molecular formula is C18H17FN2O. The van der Waals surface area contributed by atoms with E-state index >= 15 is 0 Å². The van der Waals surface area contributed by atoms with Crippen molar-refractivity contribution in [2.24, 2.45) is 5.10 Å². The standard InChI is InChI=1S/C18H17FN2O/c1-11-4-3-5-14(12(11)2)15-7-6-13(10-16(15)19)17-8-9-18(22)21-20-17/h3-7,10H,8-9H2,1-2H3,(H,21,22). The molecule has 0 saturated carbocycles. The summed E-state index contributed by atoms with van der Waals surface area (Å²) in [5.74, 6) is -0.373. The van der Waals surface area contributed by atoms with Gasteiger partial charge in [-0.05, 0) is 36.6 Å². The van der Waals surface area contributed by atoms with Crippen LogP contribution in [0.25, 0.3) is 11.1 Å². The first kappa shape index (κ1) is 14.4. The summed E-state index contributed by atoms with van der Waals surface area (Å²) in [7, 11) is 0. The van der Waals surface area contributed by atoms with E-state index in [0.717, 1.165) is 16.7 Å². The highest BCUT2D eigenvalue weighted by Gasteiger charge is 2.16. The molecule has 112 valence electrons. The Kier molecular flexibility index (Phi) is 3.75. The van der Waals surface area contributed by atoms with Crippen LogP contribution < -0.4 is 5.43 Å². The maximum absolute atomic E-state index is 14.5. The van der Waals surface area contributed by atoms with Gasteiger partial charge in [0.05, 0.1) is 5.71 Å². The lowest BCUT2D eigenvalue weighted by Crippen LogP contribution is -2.25. The van der Waals surface area contributed by atoms with Crippen molar-refractivity contribution < 1.29 is 9.18 Å². The molecule has 2 aromatic carbocycles. The third-order valence-electron chi connectivity index (χ3n) is 4.10. The van der Waals surface area contributed by atoms with E-state index in [1.165, 1.54) is 6.07 Å². The SMILES string of the molecule is Cc1cccc(-c2ccc(C3=NNC(=O)CC3)cc2F)c1C. The summed E-state index contributed by atoms with van der Waals surface area (Å²) in [6, 6.07) is 11.0. The van der Waals surface area contributed by atoms with E-state index < -0.39 is 0 Å². The quantitative estimate of drug-likeness (QED) is 0.901. The number of hydrogen-bond donors (Lipinski definition) is 1. The normalized spacial score (nSPS) is 14.5. The summed E-state index contributed by atoms with van der Waals surface area (Å²) < 4.78 is 14.5. The largest absolute Gasteiger partial charge is 0.273 e. The van der Waals surface area contributed by atoms with E-state index in [4.69, 9.17) is 0 Å². The minimum absolute atomic E-state index is 0.101. The van der Waals surface area contributed by atoms with Gasteiger partial charge in [0.15, 0.2) is 0 Å². The predicted octanol–water partition coefficient (Wildman–Crippen LogP) is 3.72. The van der Waals surface area contributed by atoms with E-state index in [1.54, 1.807) is 6.07 Å². The number of carbonyl (C=O) groups excluding carboxylic acids is 1. The van der Waals surface area contributed by atoms with Gasteiger partial charge in [-0.1, -0.05) is 30.3 Å². The van der Waals surface area contributed by atoms with Crippen LogP contribution >= 0.6 is 0 Å². The van der Waals surface area contributed by atoms with Gasteiger partial charge in [0, 0.05) is 24.0 Å². The van der Waals surface area contributed by atoms with Crippen molar-refractivity contribution in [3.63, 3.8) is 0 Å². The minimum atomic E-state index is -0.272. The van der Waals surface area contributed by atoms with Crippen LogP contribution in [0, 0.1) is 19.7 Å². The molecule has 1 amide bonds. The Bertz CT molecular complexity index is 781. The molecule has 4 heteroatoms. The molecule has 0 bridgehead atoms. The number of aryl methyl sites for hydroxylation is 1. The molecule has 22 heavy (non-hydrogen) atoms. The van der Waals surface area contributed by atoms with E-state index in [-0.39, 0.29) is 11.7 Å². The average molecular weight is 296 g/mol. The lowest BCUT2D eigenvalue weighted by molar-refractivity contribution is -0.121. The molecule has 0 aromatic heterocycles. The topological polar surface area (TPSA) is 41.5 Å². The molecule has 0 atom stereocenters. The highest BCUT2D eigenvalue weighted by Crippen LogP contribution is 2.29. The van der Waals surface area contributed by atoms with Crippen molar-refractivity contribution >= 4 is 11.6 Å². The molecule has 0 unspecified atom stereocenters. The van der Waals surface area contributed by atoms with Gasteiger partial charge in [-0.25, -0.2) is 9.82 Å². The van der Waals surface area contributed by atoms with Crippen LogP contribution in [-0.2, 0) is 4.79 Å². The number of amides is 1. The lowest BCUT2D eigenvalue weighted by atomic mass is 9.94. The van der Waals surface area contributed by atoms with Crippen molar-refractivity contribution in [1.82, 2.24) is 5.43 Å². The Morgan fingerprint density at radius 3 is 2.59 bits per heavy atom. The van der Waals surface area contributed by atoms with Gasteiger partial charge in [0.25, 0.3) is 0 Å². The average Bonchev–Trinajstić information content (AvgIpc) is 2.51. The molecule has 0 aliphatic carbocycles. The summed E-state index contributed by atoms with van der Waals surface area (Å²) in [5.41, 5.74) is 7.58. The molecular weight excluding hydrogens is 279 g/mol. The van der Waals surface area contributed by atoms with Crippen LogP contribution in [-0.4, -0.2) is 11.6 Å². The Labute approximate surface area is 128 Å². The van der Waals surface area contributed by atoms with E-state index in [2.05, 4.69) is 10.5 Å². The summed E-state index contributed by atoms with van der Waals surface area (Å²) in [6.07, 6.45) is 0.924. The molecule has 0 radical (unpaired) electrons. The molecule has 1 heterocycles. The fourth-order valence-electron chi connectivity index (χ4n) is 2.64. The second kappa shape index (κ2) is 5.72. The van der Waals surface area contributed by atoms with Crippen LogP contribution in [0.5, 0.6) is 0 Å². The number of hydrogen-bond acceptors (Lipinski definition) is 2. The highest BCUT2D eigenvalue weighted by atomic mass is 19.1. The maximum atomic E-state index is 14.5. The van der Waals surface area contributed by atoms with Crippen LogP contribution in [0.15, 0.2) is 41.5 Å². The molecule has 0 saturated heterocycles. The van der Waals surface area contributed by atoms with Crippen LogP contribution in [0.4, 0.5) is 4.39 Å². The predicted molar refractivity (Wildman–Crippen MR) is 85.2 cm³/mol. The maximum Gasteiger partial charge on any atom is 0.240 e. The molecule has 3 rings (SSSR count). The van der Waals surface area contributed by atoms with E-state index in [9.17, 15) is 9.18 Å². The number of nitrogens with zero attached hydrogens (tertiary/aromatic N) is 1. The summed E-state index contributed by atoms with van der Waals surface area (Å²) in [5, 5.41) is 4.01. The first-order valence-corrected chi connectivity index (χ1v) is 7.28. The van der Waals surface area contributed by atoms with Gasteiger partial charge >= 0.3 is 0 Å². The van der Waals surface area contributed by atoms with Crippen LogP contribution in [0.3, 0.4) is 0 Å². The minimum Gasteiger partial charge on any atom is -0.273 e. The molecule has 0 fully saturated rings. The Morgan fingerprint density at radius 2 is 1.91 bits per heavy atom. The number of hydrazone groups is 1. The summed E-state index contributed by atoms with van der Waals surface area (Å²) >= 11 is 0. The van der Waals surface area contributed by atoms with Gasteiger partial charge in [0.1, 0.15) is 5.82 Å². The van der Waals surface area contributed by atoms with Crippen LogP contribution in [0.1, 0.15) is 29.5 Å². The van der Waals surface area contributed by atoms with Crippen molar-refractivity contribution in [2.75, 3.05) is 0 Å². The van der Waals surface area contributed by atoms with Gasteiger partial charge in [-0.2, -0.15) is 5.10 Å². The zero-order chi connectivity index (χ0) is 15.7. The third-order valence-corrected chi connectivity index (χ3v) is 4.10. The monoisotopic (exact) mass is 296 g/mol. The lowest BCUT2D eigenvalue weighted by Gasteiger charge is -2.14. The zero-order valence-electron chi connectivity index (χ0n) is 12.6. The summed E-state index contributed by atoms with van der Waals surface area (Å²) in [6.45, 7) is 4.02. The van der Waals surface area contributed by atoms with Gasteiger partial charge in [-0.3, -0.25) is 4.79 Å². The Morgan fingerprint density at radius 1 is 1.09 bits per heavy atom. The number of benzene rings is 2. The molecule has 2 aromatic rings. The molecule has 3 nitrogen and oxygen atoms in total. The van der Waals surface area contributed by atoms with Crippen LogP contribution in [0.2, 0.25) is 0 Å². The first-order chi connectivity index (χ1) is 10.6. The number of rotatable bonds is 2.